The summed E-state index contributed by atoms with van der Waals surface area (Å²) in [5, 5.41) is 3.58. The molecule has 2 aromatic carbocycles. The quantitative estimate of drug-likeness (QED) is 0.127. The van der Waals surface area contributed by atoms with E-state index in [1.54, 1.807) is 0 Å². The van der Waals surface area contributed by atoms with Gasteiger partial charge in [0, 0.05) is 42.5 Å². The van der Waals surface area contributed by atoms with Gasteiger partial charge in [0.25, 0.3) is 0 Å². The second kappa shape index (κ2) is 15.9. The van der Waals surface area contributed by atoms with Crippen LogP contribution in [0.15, 0.2) is 78.4 Å². The van der Waals surface area contributed by atoms with Crippen molar-refractivity contribution < 1.29 is 22.8 Å². The van der Waals surface area contributed by atoms with Gasteiger partial charge in [-0.3, -0.25) is 4.79 Å². The van der Waals surface area contributed by atoms with Crippen LogP contribution in [0.25, 0.3) is 11.1 Å². The van der Waals surface area contributed by atoms with Gasteiger partial charge in [0.05, 0.1) is 6.61 Å². The zero-order valence-electron chi connectivity index (χ0n) is 25.0. The highest BCUT2D eigenvalue weighted by molar-refractivity contribution is 6.60. The summed E-state index contributed by atoms with van der Waals surface area (Å²) in [5.74, 6) is -0.181. The van der Waals surface area contributed by atoms with E-state index in [1.165, 1.54) is 16.7 Å². The van der Waals surface area contributed by atoms with Crippen LogP contribution in [0.2, 0.25) is 6.04 Å². The third-order valence-corrected chi connectivity index (χ3v) is 9.73. The van der Waals surface area contributed by atoms with Gasteiger partial charge < -0.3 is 23.3 Å². The lowest BCUT2D eigenvalue weighted by Crippen LogP contribution is -2.50. The molecule has 0 saturated heterocycles. The third-order valence-electron chi connectivity index (χ3n) is 6.27. The average molecular weight is 566 g/mol. The molecule has 6 nitrogen and oxygen atoms in total. The number of esters is 1. The fourth-order valence-electron chi connectivity index (χ4n) is 4.69. The zero-order chi connectivity index (χ0) is 29.0. The van der Waals surface area contributed by atoms with Crippen LogP contribution in [0.3, 0.4) is 0 Å². The highest BCUT2D eigenvalue weighted by Gasteiger charge is 2.43. The molecule has 218 valence electrons. The van der Waals surface area contributed by atoms with Gasteiger partial charge in [-0.2, -0.15) is 0 Å². The molecular weight excluding hydrogens is 518 g/mol. The molecule has 0 spiro atoms. The lowest BCUT2D eigenvalue weighted by molar-refractivity contribution is -0.143. The Balaban J connectivity index is 1.38. The third kappa shape index (κ3) is 11.0. The van der Waals surface area contributed by atoms with Crippen molar-refractivity contribution in [2.75, 3.05) is 11.9 Å². The fourth-order valence-corrected chi connectivity index (χ4v) is 7.94. The number of allylic oxidation sites excluding steroid dienone is 2. The molecule has 40 heavy (non-hydrogen) atoms. The molecule has 0 aromatic heterocycles. The van der Waals surface area contributed by atoms with E-state index in [0.29, 0.717) is 31.9 Å². The van der Waals surface area contributed by atoms with E-state index in [2.05, 4.69) is 72.1 Å². The molecule has 1 atom stereocenters. The first kappa shape index (κ1) is 31.8. The summed E-state index contributed by atoms with van der Waals surface area (Å²) in [5.41, 5.74) is 4.69. The van der Waals surface area contributed by atoms with Crippen molar-refractivity contribution >= 4 is 20.5 Å². The van der Waals surface area contributed by atoms with Gasteiger partial charge in [-0.15, -0.1) is 0 Å². The predicted molar refractivity (Wildman–Crippen MR) is 165 cm³/mol. The van der Waals surface area contributed by atoms with Crippen molar-refractivity contribution in [3.63, 3.8) is 0 Å². The molecule has 0 saturated carbocycles. The van der Waals surface area contributed by atoms with Gasteiger partial charge >= 0.3 is 14.8 Å². The smallest absolute Gasteiger partial charge is 0.466 e. The maximum atomic E-state index is 12.4. The number of nitrogens with one attached hydrogen (secondary N) is 1. The molecule has 1 aliphatic carbocycles. The van der Waals surface area contributed by atoms with E-state index in [1.807, 2.05) is 47.6 Å². The van der Waals surface area contributed by atoms with Crippen LogP contribution in [0, 0.1) is 0 Å². The molecule has 1 N–H and O–H groups in total. The van der Waals surface area contributed by atoms with Gasteiger partial charge in [-0.25, -0.2) is 0 Å². The molecule has 0 amide bonds. The number of hydrogen-bond acceptors (Lipinski definition) is 6. The molecule has 0 aliphatic heterocycles. The number of rotatable bonds is 16. The van der Waals surface area contributed by atoms with Gasteiger partial charge in [0.1, 0.15) is 0 Å². The number of anilines is 1. The van der Waals surface area contributed by atoms with Gasteiger partial charge in [0.15, 0.2) is 0 Å². The first-order chi connectivity index (χ1) is 19.1. The molecule has 1 aliphatic rings. The van der Waals surface area contributed by atoms with Crippen molar-refractivity contribution in [1.82, 2.24) is 0 Å². The van der Waals surface area contributed by atoms with Gasteiger partial charge in [-0.1, -0.05) is 66.3 Å². The van der Waals surface area contributed by atoms with E-state index in [0.717, 1.165) is 12.1 Å². The molecular formula is C33H47NO5Si. The Hall–Kier alpha value is -2.71. The van der Waals surface area contributed by atoms with Crippen molar-refractivity contribution in [1.29, 1.82) is 0 Å². The zero-order valence-corrected chi connectivity index (χ0v) is 26.0. The van der Waals surface area contributed by atoms with Crippen LogP contribution >= 0.6 is 0 Å². The summed E-state index contributed by atoms with van der Waals surface area (Å²) in [6, 6.07) is 19.8. The molecule has 2 aromatic rings. The molecule has 7 heteroatoms. The van der Waals surface area contributed by atoms with E-state index < -0.39 is 8.80 Å². The minimum Gasteiger partial charge on any atom is -0.466 e. The van der Waals surface area contributed by atoms with Crippen LogP contribution in [0.1, 0.15) is 67.2 Å². The molecule has 0 bridgehead atoms. The van der Waals surface area contributed by atoms with Crippen molar-refractivity contribution in [2.45, 2.75) is 97.6 Å². The van der Waals surface area contributed by atoms with Crippen LogP contribution < -0.4 is 5.32 Å². The number of carbonyl (C=O) groups excluding carboxylic acids is 1. The summed E-state index contributed by atoms with van der Waals surface area (Å²) >= 11 is 0. The van der Waals surface area contributed by atoms with Crippen LogP contribution in [0.5, 0.6) is 0 Å². The molecule has 0 fully saturated rings. The average Bonchev–Trinajstić information content (AvgIpc) is 2.90. The summed E-state index contributed by atoms with van der Waals surface area (Å²) in [4.78, 5) is 12.4. The summed E-state index contributed by atoms with van der Waals surface area (Å²) in [6.45, 7) is 12.3. The Kier molecular flexibility index (Phi) is 12.7. The Morgan fingerprint density at radius 2 is 1.48 bits per heavy atom. The van der Waals surface area contributed by atoms with E-state index in [4.69, 9.17) is 18.0 Å². The van der Waals surface area contributed by atoms with Gasteiger partial charge in [0.2, 0.25) is 0 Å². The first-order valence-corrected chi connectivity index (χ1v) is 16.6. The number of hydrogen-bond donors (Lipinski definition) is 1. The lowest BCUT2D eigenvalue weighted by Gasteiger charge is -2.34. The predicted octanol–water partition coefficient (Wildman–Crippen LogP) is 7.95. The van der Waals surface area contributed by atoms with Crippen LogP contribution in [-0.2, 0) is 22.8 Å². The Bertz CT molecular complexity index is 1070. The summed E-state index contributed by atoms with van der Waals surface area (Å²) < 4.78 is 24.1. The molecule has 0 heterocycles. The van der Waals surface area contributed by atoms with E-state index in [9.17, 15) is 4.79 Å². The number of ether oxygens (including phenoxy) is 1. The highest BCUT2D eigenvalue weighted by atomic mass is 28.4. The molecule has 0 radical (unpaired) electrons. The lowest BCUT2D eigenvalue weighted by atomic mass is 9.99. The van der Waals surface area contributed by atoms with Crippen molar-refractivity contribution in [3.8, 4) is 11.1 Å². The maximum absolute atomic E-state index is 12.4. The maximum Gasteiger partial charge on any atom is 0.501 e. The second-order valence-electron chi connectivity index (χ2n) is 11.1. The summed E-state index contributed by atoms with van der Waals surface area (Å²) in [6.07, 6.45) is 9.06. The minimum absolute atomic E-state index is 0.00136. The fraction of sp³-hybridized carbons (Fsp3) is 0.485. The van der Waals surface area contributed by atoms with E-state index >= 15 is 0 Å². The Labute approximate surface area is 242 Å². The van der Waals surface area contributed by atoms with Crippen molar-refractivity contribution in [2.24, 2.45) is 0 Å². The van der Waals surface area contributed by atoms with Crippen molar-refractivity contribution in [3.05, 3.63) is 78.4 Å². The monoisotopic (exact) mass is 565 g/mol. The Morgan fingerprint density at radius 1 is 0.875 bits per heavy atom. The first-order valence-electron chi connectivity index (χ1n) is 14.6. The largest absolute Gasteiger partial charge is 0.501 e. The topological polar surface area (TPSA) is 66.0 Å². The van der Waals surface area contributed by atoms with Gasteiger partial charge in [-0.05, 0) is 84.1 Å². The summed E-state index contributed by atoms with van der Waals surface area (Å²) in [7, 11) is -2.87. The SMILES string of the molecule is CC(C)O[Si](CCCOC(=O)CCC1=CCC(Nc2ccc(-c3ccccc3)cc2)C=C1)(OC(C)C)OC(C)C. The normalized spacial score (nSPS) is 15.5. The van der Waals surface area contributed by atoms with Crippen LogP contribution in [-0.4, -0.2) is 45.7 Å². The standard InChI is InChI=1S/C33H47NO5Si/c1-25(2)37-40(38-26(3)4,39-27(5)6)24-10-23-36-33(35)22-15-28-13-18-31(19-14-28)34-32-20-16-30(17-21-32)29-11-8-7-9-12-29/h7-9,11-14,16-18,20-21,25-27,31,34H,10,15,19,22-24H2,1-6H3. The van der Waals surface area contributed by atoms with Crippen LogP contribution in [0.4, 0.5) is 5.69 Å². The molecule has 3 rings (SSSR count). The minimum atomic E-state index is -2.87. The number of benzene rings is 2. The van der Waals surface area contributed by atoms with E-state index in [-0.39, 0.29) is 30.3 Å². The Morgan fingerprint density at radius 3 is 2.02 bits per heavy atom. The highest BCUT2D eigenvalue weighted by Crippen LogP contribution is 2.25. The molecule has 1 unspecified atom stereocenters. The number of carbonyl (C=O) groups is 1. The second-order valence-corrected chi connectivity index (χ2v) is 13.6.